The van der Waals surface area contributed by atoms with E-state index in [0.29, 0.717) is 25.7 Å². The van der Waals surface area contributed by atoms with Gasteiger partial charge in [-0.25, -0.2) is 0 Å². The van der Waals surface area contributed by atoms with Crippen LogP contribution in [0.1, 0.15) is 6.92 Å². The van der Waals surface area contributed by atoms with Crippen LogP contribution in [0.2, 0.25) is 0 Å². The highest BCUT2D eigenvalue weighted by Crippen LogP contribution is 2.21. The van der Waals surface area contributed by atoms with Crippen LogP contribution >= 0.6 is 0 Å². The molecule has 0 saturated carbocycles. The van der Waals surface area contributed by atoms with Crippen molar-refractivity contribution in [2.75, 3.05) is 39.5 Å². The summed E-state index contributed by atoms with van der Waals surface area (Å²) in [6.45, 7) is 5.39. The van der Waals surface area contributed by atoms with Crippen LogP contribution in [0, 0.1) is 11.8 Å². The third-order valence-corrected chi connectivity index (χ3v) is 3.56. The van der Waals surface area contributed by atoms with Gasteiger partial charge in [-0.1, -0.05) is 6.92 Å². The summed E-state index contributed by atoms with van der Waals surface area (Å²) in [5, 5.41) is 12.5. The zero-order valence-corrected chi connectivity index (χ0v) is 9.69. The Bertz CT molecular complexity index is 260. The van der Waals surface area contributed by atoms with Gasteiger partial charge in [-0.15, -0.1) is 0 Å². The maximum absolute atomic E-state index is 12.3. The standard InChI is InChI=1S/C11H20N2O3/c1-8-4-12-5-10(8)11(15)13-2-3-16-7-9(13)6-14/h8-10,12,14H,2-7H2,1H3/t8-,9?,10-/m1/s1. The minimum atomic E-state index is -0.158. The highest BCUT2D eigenvalue weighted by atomic mass is 16.5. The number of nitrogens with one attached hydrogen (secondary N) is 1. The van der Waals surface area contributed by atoms with E-state index in [1.54, 1.807) is 4.90 Å². The minimum absolute atomic E-state index is 0.0136. The van der Waals surface area contributed by atoms with Gasteiger partial charge in [0.15, 0.2) is 0 Å². The first-order valence-electron chi connectivity index (χ1n) is 5.94. The number of carbonyl (C=O) groups excluding carboxylic acids is 1. The van der Waals surface area contributed by atoms with E-state index in [2.05, 4.69) is 12.2 Å². The second kappa shape index (κ2) is 5.12. The molecule has 2 rings (SSSR count). The highest BCUT2D eigenvalue weighted by molar-refractivity contribution is 5.80. The number of ether oxygens (including phenoxy) is 1. The van der Waals surface area contributed by atoms with Crippen LogP contribution in [0.4, 0.5) is 0 Å². The number of hydrogen-bond acceptors (Lipinski definition) is 4. The predicted molar refractivity (Wildman–Crippen MR) is 58.9 cm³/mol. The summed E-state index contributed by atoms with van der Waals surface area (Å²) >= 11 is 0. The Morgan fingerprint density at radius 2 is 2.38 bits per heavy atom. The third kappa shape index (κ3) is 2.21. The Labute approximate surface area is 95.8 Å². The number of hydrogen-bond donors (Lipinski definition) is 2. The molecule has 0 aliphatic carbocycles. The normalized spacial score (nSPS) is 35.4. The molecule has 0 aromatic rings. The number of aliphatic hydroxyl groups excluding tert-OH is 1. The molecule has 16 heavy (non-hydrogen) atoms. The molecule has 0 aromatic heterocycles. The van der Waals surface area contributed by atoms with Crippen molar-refractivity contribution in [1.29, 1.82) is 0 Å². The van der Waals surface area contributed by atoms with Crippen molar-refractivity contribution < 1.29 is 14.6 Å². The zero-order valence-electron chi connectivity index (χ0n) is 9.69. The molecule has 3 atom stereocenters. The molecule has 2 saturated heterocycles. The molecule has 1 amide bonds. The van der Waals surface area contributed by atoms with Crippen LogP contribution in [0.15, 0.2) is 0 Å². The quantitative estimate of drug-likeness (QED) is 0.640. The van der Waals surface area contributed by atoms with E-state index >= 15 is 0 Å². The van der Waals surface area contributed by atoms with E-state index in [4.69, 9.17) is 4.74 Å². The van der Waals surface area contributed by atoms with E-state index in [1.165, 1.54) is 0 Å². The molecule has 2 aliphatic heterocycles. The zero-order chi connectivity index (χ0) is 11.5. The lowest BCUT2D eigenvalue weighted by molar-refractivity contribution is -0.146. The first kappa shape index (κ1) is 11.8. The van der Waals surface area contributed by atoms with Gasteiger partial charge in [-0.05, 0) is 12.5 Å². The molecule has 2 heterocycles. The van der Waals surface area contributed by atoms with Crippen LogP contribution in [0.25, 0.3) is 0 Å². The lowest BCUT2D eigenvalue weighted by Crippen LogP contribution is -2.53. The van der Waals surface area contributed by atoms with E-state index in [-0.39, 0.29) is 24.5 Å². The fourth-order valence-electron chi connectivity index (χ4n) is 2.45. The molecule has 5 nitrogen and oxygen atoms in total. The second-order valence-corrected chi connectivity index (χ2v) is 4.68. The number of aliphatic hydroxyl groups is 1. The maximum atomic E-state index is 12.3. The molecule has 1 unspecified atom stereocenters. The molecule has 92 valence electrons. The first-order valence-corrected chi connectivity index (χ1v) is 5.94. The fourth-order valence-corrected chi connectivity index (χ4v) is 2.45. The lowest BCUT2D eigenvalue weighted by Gasteiger charge is -2.36. The number of rotatable bonds is 2. The van der Waals surface area contributed by atoms with E-state index in [0.717, 1.165) is 13.1 Å². The van der Waals surface area contributed by atoms with Crippen LogP contribution in [0.5, 0.6) is 0 Å². The molecule has 2 N–H and O–H groups in total. The van der Waals surface area contributed by atoms with Crippen LogP contribution in [0.3, 0.4) is 0 Å². The van der Waals surface area contributed by atoms with E-state index in [1.807, 2.05) is 0 Å². The molecule has 0 radical (unpaired) electrons. The van der Waals surface area contributed by atoms with Gasteiger partial charge in [0.2, 0.25) is 5.91 Å². The van der Waals surface area contributed by atoms with Crippen LogP contribution in [-0.2, 0) is 9.53 Å². The molecular weight excluding hydrogens is 208 g/mol. The largest absolute Gasteiger partial charge is 0.394 e. The average Bonchev–Trinajstić information content (AvgIpc) is 2.74. The summed E-state index contributed by atoms with van der Waals surface area (Å²) in [6.07, 6.45) is 0. The highest BCUT2D eigenvalue weighted by Gasteiger charge is 2.36. The Kier molecular flexibility index (Phi) is 3.78. The Morgan fingerprint density at radius 1 is 1.56 bits per heavy atom. The smallest absolute Gasteiger partial charge is 0.227 e. The van der Waals surface area contributed by atoms with Gasteiger partial charge in [-0.3, -0.25) is 4.79 Å². The van der Waals surface area contributed by atoms with Crippen molar-refractivity contribution in [3.8, 4) is 0 Å². The van der Waals surface area contributed by atoms with Crippen molar-refractivity contribution in [3.05, 3.63) is 0 Å². The Morgan fingerprint density at radius 3 is 3.00 bits per heavy atom. The van der Waals surface area contributed by atoms with Crippen molar-refractivity contribution in [2.24, 2.45) is 11.8 Å². The molecule has 2 fully saturated rings. The summed E-state index contributed by atoms with van der Waals surface area (Å²) in [5.74, 6) is 0.613. The Balaban J connectivity index is 2.01. The van der Waals surface area contributed by atoms with Crippen LogP contribution in [-0.4, -0.2) is 61.4 Å². The SMILES string of the molecule is C[C@@H]1CNC[C@H]1C(=O)N1CCOCC1CO. The lowest BCUT2D eigenvalue weighted by atomic mass is 9.96. The van der Waals surface area contributed by atoms with Gasteiger partial charge >= 0.3 is 0 Å². The molecule has 2 aliphatic rings. The van der Waals surface area contributed by atoms with Gasteiger partial charge in [0.05, 0.1) is 31.8 Å². The van der Waals surface area contributed by atoms with Crippen LogP contribution < -0.4 is 5.32 Å². The fraction of sp³-hybridized carbons (Fsp3) is 0.909. The van der Waals surface area contributed by atoms with Crippen molar-refractivity contribution in [2.45, 2.75) is 13.0 Å². The number of amides is 1. The molecule has 5 heteroatoms. The van der Waals surface area contributed by atoms with Gasteiger partial charge in [0, 0.05) is 13.1 Å². The second-order valence-electron chi connectivity index (χ2n) is 4.68. The summed E-state index contributed by atoms with van der Waals surface area (Å²) in [5.41, 5.74) is 0. The summed E-state index contributed by atoms with van der Waals surface area (Å²) < 4.78 is 5.27. The van der Waals surface area contributed by atoms with E-state index in [9.17, 15) is 9.90 Å². The topological polar surface area (TPSA) is 61.8 Å². The van der Waals surface area contributed by atoms with Crippen molar-refractivity contribution in [1.82, 2.24) is 10.2 Å². The maximum Gasteiger partial charge on any atom is 0.227 e. The first-order chi connectivity index (χ1) is 7.74. The summed E-state index contributed by atoms with van der Waals surface area (Å²) in [4.78, 5) is 14.1. The minimum Gasteiger partial charge on any atom is -0.394 e. The molecule has 0 spiro atoms. The van der Waals surface area contributed by atoms with Crippen molar-refractivity contribution in [3.63, 3.8) is 0 Å². The van der Waals surface area contributed by atoms with Gasteiger partial charge < -0.3 is 20.1 Å². The Hall–Kier alpha value is -0.650. The number of morpholine rings is 1. The average molecular weight is 228 g/mol. The van der Waals surface area contributed by atoms with E-state index < -0.39 is 0 Å². The molecule has 0 aromatic carbocycles. The summed E-state index contributed by atoms with van der Waals surface area (Å²) in [7, 11) is 0. The number of carbonyl (C=O) groups is 1. The number of nitrogens with zero attached hydrogens (tertiary/aromatic N) is 1. The predicted octanol–water partition coefficient (Wildman–Crippen LogP) is -0.938. The molecule has 0 bridgehead atoms. The monoisotopic (exact) mass is 228 g/mol. The van der Waals surface area contributed by atoms with Crippen molar-refractivity contribution >= 4 is 5.91 Å². The third-order valence-electron chi connectivity index (χ3n) is 3.56. The van der Waals surface area contributed by atoms with Gasteiger partial charge in [0.1, 0.15) is 0 Å². The molecular formula is C11H20N2O3. The van der Waals surface area contributed by atoms with Gasteiger partial charge in [0.25, 0.3) is 0 Å². The summed E-state index contributed by atoms with van der Waals surface area (Å²) in [6, 6.07) is -0.158. The van der Waals surface area contributed by atoms with Gasteiger partial charge in [-0.2, -0.15) is 0 Å².